The quantitative estimate of drug-likeness (QED) is 0.166. The molecule has 0 unspecified atom stereocenters. The lowest BCUT2D eigenvalue weighted by atomic mass is 10.0. The first kappa shape index (κ1) is 29.6. The van der Waals surface area contributed by atoms with Crippen LogP contribution in [-0.2, 0) is 14.4 Å². The summed E-state index contributed by atoms with van der Waals surface area (Å²) in [7, 11) is 1.42. The van der Waals surface area contributed by atoms with Crippen LogP contribution < -0.4 is 24.6 Å². The second kappa shape index (κ2) is 12.9. The summed E-state index contributed by atoms with van der Waals surface area (Å²) in [6, 6.07) is 25.9. The number of urea groups is 1. The third-order valence-electron chi connectivity index (χ3n) is 6.34. The molecule has 0 saturated carbocycles. The van der Waals surface area contributed by atoms with Crippen LogP contribution in [0.5, 0.6) is 11.5 Å². The van der Waals surface area contributed by atoms with Crippen molar-refractivity contribution in [2.75, 3.05) is 28.8 Å². The Labute approximate surface area is 260 Å². The van der Waals surface area contributed by atoms with Gasteiger partial charge in [0.25, 0.3) is 17.7 Å². The van der Waals surface area contributed by atoms with Crippen molar-refractivity contribution >= 4 is 74.4 Å². The van der Waals surface area contributed by atoms with Gasteiger partial charge in [-0.2, -0.15) is 0 Å². The number of halogens is 2. The number of amides is 5. The van der Waals surface area contributed by atoms with Gasteiger partial charge < -0.3 is 14.8 Å². The monoisotopic (exact) mass is 659 g/mol. The highest BCUT2D eigenvalue weighted by molar-refractivity contribution is 9.10. The molecule has 1 aliphatic heterocycles. The highest BCUT2D eigenvalue weighted by Gasteiger charge is 2.43. The van der Waals surface area contributed by atoms with E-state index in [-0.39, 0.29) is 23.7 Å². The average Bonchev–Trinajstić information content (AvgIpc) is 3.01. The number of methoxy groups -OCH3 is 1. The van der Waals surface area contributed by atoms with E-state index in [4.69, 9.17) is 21.1 Å². The van der Waals surface area contributed by atoms with Gasteiger partial charge in [-0.15, -0.1) is 0 Å². The Kier molecular flexibility index (Phi) is 8.89. The number of imide groups is 2. The summed E-state index contributed by atoms with van der Waals surface area (Å²) in [5.41, 5.74) is 1.24. The zero-order valence-electron chi connectivity index (χ0n) is 22.6. The summed E-state index contributed by atoms with van der Waals surface area (Å²) < 4.78 is 11.6. The maximum Gasteiger partial charge on any atom is 0.343 e. The molecular formula is C32H23BrClN3O6. The van der Waals surface area contributed by atoms with Gasteiger partial charge in [-0.1, -0.05) is 60.1 Å². The largest absolute Gasteiger partial charge is 0.493 e. The molecule has 11 heteroatoms. The SMILES string of the molecule is COc1cc(C=C2C(=O)N(c3ccccc3)C(=O)N(c3ccccc3)C2=O)cc(Br)c1OCC(=O)Nc1ccccc1Cl. The zero-order chi connectivity index (χ0) is 30.5. The molecule has 216 valence electrons. The van der Waals surface area contributed by atoms with Crippen molar-refractivity contribution in [1.82, 2.24) is 0 Å². The summed E-state index contributed by atoms with van der Waals surface area (Å²) in [5.74, 6) is -1.54. The molecular weight excluding hydrogens is 638 g/mol. The molecule has 5 rings (SSSR count). The van der Waals surface area contributed by atoms with Gasteiger partial charge in [-0.05, 0) is 76.1 Å². The number of rotatable bonds is 8. The van der Waals surface area contributed by atoms with Crippen molar-refractivity contribution in [1.29, 1.82) is 0 Å². The number of anilines is 3. The number of carbonyl (C=O) groups is 4. The number of hydrogen-bond donors (Lipinski definition) is 1. The third-order valence-corrected chi connectivity index (χ3v) is 7.26. The molecule has 1 heterocycles. The molecule has 0 aromatic heterocycles. The Hall–Kier alpha value is -4.93. The minimum absolute atomic E-state index is 0.229. The molecule has 9 nitrogen and oxygen atoms in total. The highest BCUT2D eigenvalue weighted by atomic mass is 79.9. The fourth-order valence-electron chi connectivity index (χ4n) is 4.36. The van der Waals surface area contributed by atoms with Gasteiger partial charge in [-0.3, -0.25) is 14.4 Å². The Morgan fingerprint density at radius 2 is 1.42 bits per heavy atom. The minimum atomic E-state index is -0.790. The number of benzene rings is 4. The topological polar surface area (TPSA) is 105 Å². The van der Waals surface area contributed by atoms with Gasteiger partial charge in [-0.25, -0.2) is 14.6 Å². The fourth-order valence-corrected chi connectivity index (χ4v) is 5.11. The van der Waals surface area contributed by atoms with Gasteiger partial charge in [0.05, 0.1) is 33.7 Å². The molecule has 1 aliphatic rings. The van der Waals surface area contributed by atoms with E-state index in [9.17, 15) is 19.2 Å². The van der Waals surface area contributed by atoms with Crippen LogP contribution in [0.4, 0.5) is 21.9 Å². The Morgan fingerprint density at radius 3 is 1.98 bits per heavy atom. The molecule has 0 atom stereocenters. The van der Waals surface area contributed by atoms with E-state index >= 15 is 0 Å². The van der Waals surface area contributed by atoms with Gasteiger partial charge >= 0.3 is 6.03 Å². The zero-order valence-corrected chi connectivity index (χ0v) is 25.0. The van der Waals surface area contributed by atoms with E-state index in [1.54, 1.807) is 97.1 Å². The van der Waals surface area contributed by atoms with Crippen LogP contribution in [0.1, 0.15) is 5.56 Å². The lowest BCUT2D eigenvalue weighted by Gasteiger charge is -2.34. The van der Waals surface area contributed by atoms with Crippen LogP contribution in [0.3, 0.4) is 0 Å². The number of ether oxygens (including phenoxy) is 2. The van der Waals surface area contributed by atoms with Crippen LogP contribution in [0.2, 0.25) is 5.02 Å². The second-order valence-corrected chi connectivity index (χ2v) is 10.4. The number of nitrogens with one attached hydrogen (secondary N) is 1. The molecule has 4 aromatic carbocycles. The first-order chi connectivity index (χ1) is 20.8. The standard InChI is InChI=1S/C32H23BrClN3O6/c1-42-27-18-20(17-24(33)29(27)43-19-28(38)35-26-15-9-8-14-25(26)34)16-23-30(39)36(21-10-4-2-5-11-21)32(41)37(31(23)40)22-12-6-3-7-13-22/h2-18H,19H2,1H3,(H,35,38). The Balaban J connectivity index is 1.46. The first-order valence-electron chi connectivity index (χ1n) is 12.9. The smallest absolute Gasteiger partial charge is 0.343 e. The lowest BCUT2D eigenvalue weighted by molar-refractivity contribution is -0.121. The van der Waals surface area contributed by atoms with Gasteiger partial charge in [0.2, 0.25) is 0 Å². The number of barbiturate groups is 1. The molecule has 0 bridgehead atoms. The van der Waals surface area contributed by atoms with Gasteiger partial charge in [0.1, 0.15) is 5.57 Å². The third kappa shape index (κ3) is 6.30. The maximum absolute atomic E-state index is 13.7. The van der Waals surface area contributed by atoms with Crippen LogP contribution >= 0.6 is 27.5 Å². The lowest BCUT2D eigenvalue weighted by Crippen LogP contribution is -2.57. The molecule has 1 saturated heterocycles. The molecule has 0 spiro atoms. The Morgan fingerprint density at radius 1 is 0.860 bits per heavy atom. The predicted molar refractivity (Wildman–Crippen MR) is 167 cm³/mol. The van der Waals surface area contributed by atoms with E-state index in [0.717, 1.165) is 9.80 Å². The van der Waals surface area contributed by atoms with E-state index in [2.05, 4.69) is 21.2 Å². The maximum atomic E-state index is 13.7. The van der Waals surface area contributed by atoms with Crippen molar-refractivity contribution in [3.8, 4) is 11.5 Å². The molecule has 0 aliphatic carbocycles. The second-order valence-electron chi connectivity index (χ2n) is 9.14. The number of nitrogens with zero attached hydrogens (tertiary/aromatic N) is 2. The van der Waals surface area contributed by atoms with E-state index in [0.29, 0.717) is 32.1 Å². The molecule has 5 amide bonds. The Bertz CT molecular complexity index is 1680. The normalized spacial score (nSPS) is 13.2. The summed E-state index contributed by atoms with van der Waals surface area (Å²) in [6.07, 6.45) is 1.38. The van der Waals surface area contributed by atoms with Crippen LogP contribution in [-0.4, -0.2) is 37.5 Å². The van der Waals surface area contributed by atoms with E-state index in [1.165, 1.54) is 13.2 Å². The van der Waals surface area contributed by atoms with Crippen LogP contribution in [0.25, 0.3) is 6.08 Å². The summed E-state index contributed by atoms with van der Waals surface area (Å²) >= 11 is 9.55. The summed E-state index contributed by atoms with van der Waals surface area (Å²) in [6.45, 7) is -0.349. The van der Waals surface area contributed by atoms with Crippen molar-refractivity contribution in [2.24, 2.45) is 0 Å². The minimum Gasteiger partial charge on any atom is -0.493 e. The van der Waals surface area contributed by atoms with E-state index in [1.807, 2.05) is 0 Å². The number of carbonyl (C=O) groups excluding carboxylic acids is 4. The summed E-state index contributed by atoms with van der Waals surface area (Å²) in [5, 5.41) is 3.06. The predicted octanol–water partition coefficient (Wildman–Crippen LogP) is 6.71. The molecule has 4 aromatic rings. The van der Waals surface area contributed by atoms with Crippen molar-refractivity contribution < 1.29 is 28.7 Å². The van der Waals surface area contributed by atoms with Gasteiger partial charge in [0, 0.05) is 0 Å². The van der Waals surface area contributed by atoms with Gasteiger partial charge in [0.15, 0.2) is 18.1 Å². The van der Waals surface area contributed by atoms with Crippen molar-refractivity contribution in [2.45, 2.75) is 0 Å². The highest BCUT2D eigenvalue weighted by Crippen LogP contribution is 2.38. The fraction of sp³-hybridized carbons (Fsp3) is 0.0625. The number of hydrogen-bond acceptors (Lipinski definition) is 6. The van der Waals surface area contributed by atoms with Crippen LogP contribution in [0.15, 0.2) is 107 Å². The molecule has 0 radical (unpaired) electrons. The average molecular weight is 661 g/mol. The first-order valence-corrected chi connectivity index (χ1v) is 14.0. The molecule has 1 N–H and O–H groups in total. The summed E-state index contributed by atoms with van der Waals surface area (Å²) in [4.78, 5) is 55.2. The number of para-hydroxylation sites is 3. The van der Waals surface area contributed by atoms with Crippen LogP contribution in [0, 0.1) is 0 Å². The van der Waals surface area contributed by atoms with Crippen molar-refractivity contribution in [3.63, 3.8) is 0 Å². The molecule has 43 heavy (non-hydrogen) atoms. The van der Waals surface area contributed by atoms with E-state index < -0.39 is 23.8 Å². The molecule has 1 fully saturated rings. The van der Waals surface area contributed by atoms with Crippen molar-refractivity contribution in [3.05, 3.63) is 118 Å².